The van der Waals surface area contributed by atoms with Crippen molar-refractivity contribution in [1.29, 1.82) is 0 Å². The number of hydrogen-bond acceptors (Lipinski definition) is 5. The van der Waals surface area contributed by atoms with Gasteiger partial charge in [-0.25, -0.2) is 4.79 Å². The Balaban J connectivity index is 1.53. The Morgan fingerprint density at radius 3 is 2.13 bits per heavy atom. The number of alkyl carbamates (subject to hydrolysis) is 1. The van der Waals surface area contributed by atoms with Crippen molar-refractivity contribution in [3.63, 3.8) is 0 Å². The third kappa shape index (κ3) is 8.93. The SMILES string of the molecule is C[C@H]1CCCC[C@H]1NC(=O)CNC(=O)CNC(=O)CNC(=O)OCc1ccccc1. The summed E-state index contributed by atoms with van der Waals surface area (Å²) in [5, 5.41) is 10.1. The van der Waals surface area contributed by atoms with Crippen LogP contribution >= 0.6 is 0 Å². The Kier molecular flexibility index (Phi) is 9.63. The summed E-state index contributed by atoms with van der Waals surface area (Å²) in [7, 11) is 0. The first-order valence-corrected chi connectivity index (χ1v) is 10.2. The van der Waals surface area contributed by atoms with Crippen molar-refractivity contribution in [2.45, 2.75) is 45.3 Å². The summed E-state index contributed by atoms with van der Waals surface area (Å²) < 4.78 is 4.99. The average Bonchev–Trinajstić information content (AvgIpc) is 2.75. The molecule has 4 N–H and O–H groups in total. The van der Waals surface area contributed by atoms with Gasteiger partial charge >= 0.3 is 6.09 Å². The van der Waals surface area contributed by atoms with E-state index < -0.39 is 17.9 Å². The minimum Gasteiger partial charge on any atom is -0.445 e. The number of ether oxygens (including phenoxy) is 1. The summed E-state index contributed by atoms with van der Waals surface area (Å²) in [6.07, 6.45) is 3.60. The molecule has 0 unspecified atom stereocenters. The molecule has 164 valence electrons. The van der Waals surface area contributed by atoms with Crippen molar-refractivity contribution >= 4 is 23.8 Å². The minimum atomic E-state index is -0.730. The highest BCUT2D eigenvalue weighted by Gasteiger charge is 2.22. The summed E-state index contributed by atoms with van der Waals surface area (Å²) >= 11 is 0. The van der Waals surface area contributed by atoms with Crippen LogP contribution in [0.5, 0.6) is 0 Å². The maximum atomic E-state index is 12.0. The Bertz CT molecular complexity index is 725. The molecule has 0 aliphatic heterocycles. The molecular formula is C21H30N4O5. The zero-order valence-electron chi connectivity index (χ0n) is 17.2. The smallest absolute Gasteiger partial charge is 0.407 e. The van der Waals surface area contributed by atoms with Crippen LogP contribution < -0.4 is 21.3 Å². The highest BCUT2D eigenvalue weighted by Crippen LogP contribution is 2.23. The van der Waals surface area contributed by atoms with Gasteiger partial charge in [-0.05, 0) is 24.3 Å². The summed E-state index contributed by atoms with van der Waals surface area (Å²) in [6, 6.07) is 9.29. The van der Waals surface area contributed by atoms with Gasteiger partial charge in [-0.2, -0.15) is 0 Å². The van der Waals surface area contributed by atoms with Crippen molar-refractivity contribution < 1.29 is 23.9 Å². The molecule has 1 aliphatic carbocycles. The molecule has 2 rings (SSSR count). The number of carbonyl (C=O) groups excluding carboxylic acids is 4. The van der Waals surface area contributed by atoms with Gasteiger partial charge in [-0.3, -0.25) is 14.4 Å². The van der Waals surface area contributed by atoms with Crippen LogP contribution in [0.15, 0.2) is 30.3 Å². The average molecular weight is 418 g/mol. The van der Waals surface area contributed by atoms with Gasteiger partial charge < -0.3 is 26.0 Å². The van der Waals surface area contributed by atoms with Gasteiger partial charge in [0.1, 0.15) is 13.2 Å². The molecule has 1 fully saturated rings. The molecule has 1 aromatic carbocycles. The summed E-state index contributed by atoms with van der Waals surface area (Å²) in [5.41, 5.74) is 0.829. The molecule has 0 saturated heterocycles. The highest BCUT2D eigenvalue weighted by atomic mass is 16.5. The summed E-state index contributed by atoms with van der Waals surface area (Å²) in [5.74, 6) is -0.829. The van der Waals surface area contributed by atoms with Crippen molar-refractivity contribution in [2.24, 2.45) is 5.92 Å². The van der Waals surface area contributed by atoms with Crippen LogP contribution in [-0.4, -0.2) is 49.5 Å². The zero-order chi connectivity index (χ0) is 21.8. The normalized spacial score (nSPS) is 18.0. The second-order valence-corrected chi connectivity index (χ2v) is 7.40. The lowest BCUT2D eigenvalue weighted by atomic mass is 9.86. The molecule has 0 radical (unpaired) electrons. The maximum absolute atomic E-state index is 12.0. The monoisotopic (exact) mass is 418 g/mol. The molecule has 0 aromatic heterocycles. The minimum absolute atomic E-state index is 0.0956. The van der Waals surface area contributed by atoms with E-state index in [1.807, 2.05) is 30.3 Å². The maximum Gasteiger partial charge on any atom is 0.407 e. The Hall–Kier alpha value is -3.10. The fraction of sp³-hybridized carbons (Fsp3) is 0.524. The van der Waals surface area contributed by atoms with Crippen LogP contribution in [-0.2, 0) is 25.7 Å². The third-order valence-electron chi connectivity index (χ3n) is 4.96. The molecule has 30 heavy (non-hydrogen) atoms. The number of rotatable bonds is 9. The topological polar surface area (TPSA) is 126 Å². The first-order valence-electron chi connectivity index (χ1n) is 10.2. The Morgan fingerprint density at radius 2 is 1.47 bits per heavy atom. The molecule has 9 nitrogen and oxygen atoms in total. The van der Waals surface area contributed by atoms with Crippen LogP contribution in [0.25, 0.3) is 0 Å². The van der Waals surface area contributed by atoms with Crippen molar-refractivity contribution in [3.8, 4) is 0 Å². The molecule has 1 saturated carbocycles. The first kappa shape index (κ1) is 23.2. The van der Waals surface area contributed by atoms with Crippen LogP contribution in [0.3, 0.4) is 0 Å². The lowest BCUT2D eigenvalue weighted by Gasteiger charge is -2.29. The van der Waals surface area contributed by atoms with Crippen molar-refractivity contribution in [3.05, 3.63) is 35.9 Å². The van der Waals surface area contributed by atoms with Gasteiger partial charge in [-0.1, -0.05) is 50.1 Å². The van der Waals surface area contributed by atoms with Gasteiger partial charge in [0, 0.05) is 6.04 Å². The van der Waals surface area contributed by atoms with Gasteiger partial charge in [0.15, 0.2) is 0 Å². The van der Waals surface area contributed by atoms with Gasteiger partial charge in [0.25, 0.3) is 0 Å². The highest BCUT2D eigenvalue weighted by molar-refractivity contribution is 5.89. The summed E-state index contributed by atoms with van der Waals surface area (Å²) in [4.78, 5) is 47.1. The van der Waals surface area contributed by atoms with E-state index in [-0.39, 0.29) is 38.2 Å². The fourth-order valence-corrected chi connectivity index (χ4v) is 3.20. The van der Waals surface area contributed by atoms with E-state index in [1.54, 1.807) is 0 Å². The lowest BCUT2D eigenvalue weighted by Crippen LogP contribution is -2.47. The molecule has 4 amide bonds. The first-order chi connectivity index (χ1) is 14.4. The number of hydrogen-bond donors (Lipinski definition) is 4. The van der Waals surface area contributed by atoms with E-state index in [1.165, 1.54) is 6.42 Å². The van der Waals surface area contributed by atoms with E-state index in [2.05, 4.69) is 28.2 Å². The second-order valence-electron chi connectivity index (χ2n) is 7.40. The molecule has 0 spiro atoms. The predicted octanol–water partition coefficient (Wildman–Crippen LogP) is 0.840. The zero-order valence-corrected chi connectivity index (χ0v) is 17.2. The quantitative estimate of drug-likeness (QED) is 0.473. The van der Waals surface area contributed by atoms with E-state index >= 15 is 0 Å². The number of nitrogens with one attached hydrogen (secondary N) is 4. The summed E-state index contributed by atoms with van der Waals surface area (Å²) in [6.45, 7) is 1.47. The third-order valence-corrected chi connectivity index (χ3v) is 4.96. The van der Waals surface area contributed by atoms with Crippen LogP contribution in [0.4, 0.5) is 4.79 Å². The number of carbonyl (C=O) groups is 4. The van der Waals surface area contributed by atoms with E-state index in [0.717, 1.165) is 24.8 Å². The molecule has 2 atom stereocenters. The molecular weight excluding hydrogens is 388 g/mol. The van der Waals surface area contributed by atoms with Crippen molar-refractivity contribution in [1.82, 2.24) is 21.3 Å². The van der Waals surface area contributed by atoms with Crippen LogP contribution in [0.1, 0.15) is 38.2 Å². The van der Waals surface area contributed by atoms with Gasteiger partial charge in [-0.15, -0.1) is 0 Å². The van der Waals surface area contributed by atoms with E-state index in [4.69, 9.17) is 4.74 Å². The second kappa shape index (κ2) is 12.5. The van der Waals surface area contributed by atoms with Crippen LogP contribution in [0.2, 0.25) is 0 Å². The molecule has 1 aromatic rings. The number of amides is 4. The van der Waals surface area contributed by atoms with E-state index in [9.17, 15) is 19.2 Å². The Labute approximate surface area is 176 Å². The van der Waals surface area contributed by atoms with E-state index in [0.29, 0.717) is 5.92 Å². The molecule has 1 aliphatic rings. The molecule has 0 heterocycles. The molecule has 0 bridgehead atoms. The van der Waals surface area contributed by atoms with Crippen molar-refractivity contribution in [2.75, 3.05) is 19.6 Å². The largest absolute Gasteiger partial charge is 0.445 e. The predicted molar refractivity (Wildman–Crippen MR) is 110 cm³/mol. The fourth-order valence-electron chi connectivity index (χ4n) is 3.20. The number of benzene rings is 1. The standard InChI is InChI=1S/C21H30N4O5/c1-15-7-5-6-10-17(15)25-20(28)13-23-18(26)11-22-19(27)12-24-21(29)30-14-16-8-3-2-4-9-16/h2-4,8-9,15,17H,5-7,10-14H2,1H3,(H,22,27)(H,23,26)(H,24,29)(H,25,28)/t15-,17+/m0/s1. The Morgan fingerprint density at radius 1 is 0.867 bits per heavy atom. The van der Waals surface area contributed by atoms with Crippen LogP contribution in [0, 0.1) is 5.92 Å². The lowest BCUT2D eigenvalue weighted by molar-refractivity contribution is -0.127. The van der Waals surface area contributed by atoms with Gasteiger partial charge in [0.2, 0.25) is 17.7 Å². The van der Waals surface area contributed by atoms with Gasteiger partial charge in [0.05, 0.1) is 13.1 Å². The molecule has 9 heteroatoms.